The van der Waals surface area contributed by atoms with Gasteiger partial charge in [-0.2, -0.15) is 0 Å². The van der Waals surface area contributed by atoms with Gasteiger partial charge in [0, 0.05) is 6.04 Å². The van der Waals surface area contributed by atoms with Crippen molar-refractivity contribution in [1.29, 1.82) is 0 Å². The first-order valence-corrected chi connectivity index (χ1v) is 9.86. The third-order valence-electron chi connectivity index (χ3n) is 4.99. The third kappa shape index (κ3) is 5.96. The monoisotopic (exact) mass is 392 g/mol. The molecule has 0 unspecified atom stereocenters. The van der Waals surface area contributed by atoms with Gasteiger partial charge in [0.15, 0.2) is 5.82 Å². The second-order valence-corrected chi connectivity index (χ2v) is 7.48. The Kier molecular flexibility index (Phi) is 7.08. The van der Waals surface area contributed by atoms with Gasteiger partial charge in [-0.05, 0) is 48.9 Å². The predicted molar refractivity (Wildman–Crippen MR) is 112 cm³/mol. The number of carbonyl (C=O) groups excluding carboxylic acids is 1. The zero-order valence-electron chi connectivity index (χ0n) is 17.2. The average Bonchev–Trinajstić information content (AvgIpc) is 3.15. The molecule has 0 radical (unpaired) electrons. The van der Waals surface area contributed by atoms with Crippen LogP contribution < -0.4 is 5.32 Å². The molecule has 29 heavy (non-hydrogen) atoms. The highest BCUT2D eigenvalue weighted by Crippen LogP contribution is 2.18. The summed E-state index contributed by atoms with van der Waals surface area (Å²) >= 11 is 0. The summed E-state index contributed by atoms with van der Waals surface area (Å²) in [7, 11) is 2.01. The summed E-state index contributed by atoms with van der Waals surface area (Å²) in [4.78, 5) is 14.9. The van der Waals surface area contributed by atoms with Crippen molar-refractivity contribution in [2.24, 2.45) is 0 Å². The molecule has 3 rings (SSSR count). The van der Waals surface area contributed by atoms with Gasteiger partial charge in [0.05, 0.1) is 12.6 Å². The van der Waals surface area contributed by atoms with Crippen LogP contribution in [0.15, 0.2) is 60.7 Å². The molecule has 7 nitrogen and oxygen atoms in total. The lowest BCUT2D eigenvalue weighted by Crippen LogP contribution is -2.34. The second kappa shape index (κ2) is 9.93. The molecule has 1 heterocycles. The highest BCUT2D eigenvalue weighted by molar-refractivity contribution is 5.76. The molecule has 152 valence electrons. The van der Waals surface area contributed by atoms with Crippen molar-refractivity contribution in [3.05, 3.63) is 77.6 Å². The number of carbonyl (C=O) groups is 1. The molecule has 0 fully saturated rings. The summed E-state index contributed by atoms with van der Waals surface area (Å²) in [5.74, 6) is 0.561. The highest BCUT2D eigenvalue weighted by Gasteiger charge is 2.18. The lowest BCUT2D eigenvalue weighted by atomic mass is 9.99. The molecule has 1 aromatic heterocycles. The number of aromatic nitrogens is 4. The van der Waals surface area contributed by atoms with Crippen molar-refractivity contribution in [3.63, 3.8) is 0 Å². The van der Waals surface area contributed by atoms with Crippen molar-refractivity contribution < 1.29 is 4.79 Å². The van der Waals surface area contributed by atoms with E-state index in [1.807, 2.05) is 55.6 Å². The zero-order chi connectivity index (χ0) is 20.6. The van der Waals surface area contributed by atoms with Gasteiger partial charge in [-0.15, -0.1) is 5.10 Å². The van der Waals surface area contributed by atoms with Crippen LogP contribution in [0.1, 0.15) is 36.8 Å². The van der Waals surface area contributed by atoms with Crippen LogP contribution in [0.4, 0.5) is 0 Å². The first-order chi connectivity index (χ1) is 14.0. The number of nitrogens with zero attached hydrogens (tertiary/aromatic N) is 5. The molecular weight excluding hydrogens is 364 g/mol. The number of nitrogens with one attached hydrogen (secondary N) is 1. The van der Waals surface area contributed by atoms with E-state index in [9.17, 15) is 4.79 Å². The molecule has 0 aliphatic carbocycles. The fraction of sp³-hybridized carbons (Fsp3) is 0.364. The zero-order valence-corrected chi connectivity index (χ0v) is 17.2. The molecule has 0 bridgehead atoms. The molecule has 0 saturated heterocycles. The largest absolute Gasteiger partial charge is 0.347 e. The maximum Gasteiger partial charge on any atom is 0.242 e. The number of tetrazole rings is 1. The quantitative estimate of drug-likeness (QED) is 0.606. The Morgan fingerprint density at radius 3 is 2.38 bits per heavy atom. The van der Waals surface area contributed by atoms with E-state index >= 15 is 0 Å². The fourth-order valence-electron chi connectivity index (χ4n) is 3.03. The maximum atomic E-state index is 12.8. The Morgan fingerprint density at radius 1 is 1.07 bits per heavy atom. The lowest BCUT2D eigenvalue weighted by Gasteiger charge is -2.21. The van der Waals surface area contributed by atoms with Crippen LogP contribution in [0, 0.1) is 0 Å². The minimum absolute atomic E-state index is 0.0897. The first kappa shape index (κ1) is 20.7. The Labute approximate surface area is 171 Å². The van der Waals surface area contributed by atoms with E-state index in [2.05, 4.69) is 51.7 Å². The molecule has 1 N–H and O–H groups in total. The van der Waals surface area contributed by atoms with Crippen molar-refractivity contribution >= 4 is 5.91 Å². The van der Waals surface area contributed by atoms with Crippen LogP contribution in [0.25, 0.3) is 0 Å². The van der Waals surface area contributed by atoms with Gasteiger partial charge < -0.3 is 5.32 Å². The van der Waals surface area contributed by atoms with Crippen LogP contribution in [0.2, 0.25) is 0 Å². The number of rotatable bonds is 9. The third-order valence-corrected chi connectivity index (χ3v) is 4.99. The van der Waals surface area contributed by atoms with E-state index in [0.29, 0.717) is 18.4 Å². The van der Waals surface area contributed by atoms with E-state index in [-0.39, 0.29) is 18.5 Å². The van der Waals surface area contributed by atoms with Gasteiger partial charge >= 0.3 is 0 Å². The predicted octanol–water partition coefficient (Wildman–Crippen LogP) is 2.61. The summed E-state index contributed by atoms with van der Waals surface area (Å²) in [6.07, 6.45) is 0.717. The minimum Gasteiger partial charge on any atom is -0.347 e. The van der Waals surface area contributed by atoms with Crippen LogP contribution in [0.5, 0.6) is 0 Å². The Hall–Kier alpha value is -3.06. The van der Waals surface area contributed by atoms with Crippen molar-refractivity contribution in [1.82, 2.24) is 30.4 Å². The summed E-state index contributed by atoms with van der Waals surface area (Å²) in [6, 6.07) is 20.4. The molecule has 0 spiro atoms. The van der Waals surface area contributed by atoms with Gasteiger partial charge in [-0.3, -0.25) is 9.69 Å². The molecule has 0 aliphatic heterocycles. The van der Waals surface area contributed by atoms with E-state index in [0.717, 1.165) is 12.0 Å². The van der Waals surface area contributed by atoms with Gasteiger partial charge in [-0.25, -0.2) is 4.68 Å². The normalized spacial score (nSPS) is 12.3. The highest BCUT2D eigenvalue weighted by atomic mass is 16.2. The van der Waals surface area contributed by atoms with Crippen LogP contribution >= 0.6 is 0 Å². The van der Waals surface area contributed by atoms with Gasteiger partial charge in [-0.1, -0.05) is 60.7 Å². The molecule has 7 heteroatoms. The summed E-state index contributed by atoms with van der Waals surface area (Å²) in [5, 5.41) is 15.0. The number of hydrogen-bond acceptors (Lipinski definition) is 5. The smallest absolute Gasteiger partial charge is 0.242 e. The molecule has 3 aromatic rings. The molecular formula is C22H28N6O. The van der Waals surface area contributed by atoms with E-state index < -0.39 is 0 Å². The second-order valence-electron chi connectivity index (χ2n) is 7.48. The topological polar surface area (TPSA) is 75.9 Å². The molecule has 1 amide bonds. The Morgan fingerprint density at radius 2 is 1.72 bits per heavy atom. The van der Waals surface area contributed by atoms with Gasteiger partial charge in [0.1, 0.15) is 6.54 Å². The molecule has 0 saturated carbocycles. The molecule has 1 atom stereocenters. The van der Waals surface area contributed by atoms with E-state index in [1.165, 1.54) is 5.56 Å². The molecule has 2 aromatic carbocycles. The summed E-state index contributed by atoms with van der Waals surface area (Å²) in [6.45, 7) is 4.89. The van der Waals surface area contributed by atoms with Crippen molar-refractivity contribution in [2.45, 2.75) is 45.4 Å². The summed E-state index contributed by atoms with van der Waals surface area (Å²) < 4.78 is 1.57. The standard InChI is InChI=1S/C22H28N6O/c1-17(2)27(3)15-21-24-25-26-28(21)16-22(29)23-20(19-12-8-5-9-13-19)14-18-10-6-4-7-11-18/h4-13,17,20H,14-16H2,1-3H3,(H,23,29)/t20-/m0/s1. The lowest BCUT2D eigenvalue weighted by molar-refractivity contribution is -0.122. The van der Waals surface area contributed by atoms with Gasteiger partial charge in [0.2, 0.25) is 5.91 Å². The Bertz CT molecular complexity index is 894. The van der Waals surface area contributed by atoms with E-state index in [4.69, 9.17) is 0 Å². The van der Waals surface area contributed by atoms with Crippen molar-refractivity contribution in [2.75, 3.05) is 7.05 Å². The van der Waals surface area contributed by atoms with Crippen LogP contribution in [-0.4, -0.2) is 44.1 Å². The molecule has 0 aliphatic rings. The average molecular weight is 393 g/mol. The van der Waals surface area contributed by atoms with Gasteiger partial charge in [0.25, 0.3) is 0 Å². The summed E-state index contributed by atoms with van der Waals surface area (Å²) in [5.41, 5.74) is 2.24. The fourth-order valence-corrected chi connectivity index (χ4v) is 3.03. The number of amides is 1. The minimum atomic E-state index is -0.121. The first-order valence-electron chi connectivity index (χ1n) is 9.86. The SMILES string of the molecule is CC(C)N(C)Cc1nnnn1CC(=O)N[C@@H](Cc1ccccc1)c1ccccc1. The number of hydrogen-bond donors (Lipinski definition) is 1. The van der Waals surface area contributed by atoms with Crippen molar-refractivity contribution in [3.8, 4) is 0 Å². The number of benzene rings is 2. The Balaban J connectivity index is 1.70. The van der Waals surface area contributed by atoms with Crippen LogP contribution in [0.3, 0.4) is 0 Å². The maximum absolute atomic E-state index is 12.8. The van der Waals surface area contributed by atoms with Crippen LogP contribution in [-0.2, 0) is 24.3 Å². The van der Waals surface area contributed by atoms with E-state index in [1.54, 1.807) is 4.68 Å².